The van der Waals surface area contributed by atoms with Gasteiger partial charge in [0.15, 0.2) is 0 Å². The van der Waals surface area contributed by atoms with E-state index in [1.54, 1.807) is 0 Å². The Labute approximate surface area is 92.0 Å². The highest BCUT2D eigenvalue weighted by Gasteiger charge is 2.15. The average molecular weight is 257 g/mol. The van der Waals surface area contributed by atoms with Gasteiger partial charge in [0.2, 0.25) is 0 Å². The van der Waals surface area contributed by atoms with Crippen molar-refractivity contribution >= 4 is 21.7 Å². The number of anilines is 1. The Morgan fingerprint density at radius 1 is 1.57 bits per heavy atom. The van der Waals surface area contributed by atoms with Gasteiger partial charge in [0.1, 0.15) is 5.82 Å². The molecule has 0 radical (unpaired) electrons. The third kappa shape index (κ3) is 2.25. The van der Waals surface area contributed by atoms with Crippen molar-refractivity contribution in [1.82, 2.24) is 4.98 Å². The van der Waals surface area contributed by atoms with Crippen molar-refractivity contribution in [2.75, 3.05) is 18.5 Å². The second-order valence-electron chi connectivity index (χ2n) is 3.47. The lowest BCUT2D eigenvalue weighted by molar-refractivity contribution is 0.195. The minimum atomic E-state index is 0.420. The van der Waals surface area contributed by atoms with Crippen LogP contribution in [-0.2, 0) is 4.74 Å². The monoisotopic (exact) mass is 256 g/mol. The third-order valence-corrected chi connectivity index (χ3v) is 3.14. The van der Waals surface area contributed by atoms with Crippen molar-refractivity contribution in [3.8, 4) is 0 Å². The minimum absolute atomic E-state index is 0.420. The Hall–Kier alpha value is -0.610. The van der Waals surface area contributed by atoms with Gasteiger partial charge in [-0.05, 0) is 41.4 Å². The standard InChI is InChI=1S/C10H13BrN2O/c1-7-9(11)2-3-10(12-7)13-8-4-5-14-6-8/h2-3,8H,4-6H2,1H3,(H,12,13). The minimum Gasteiger partial charge on any atom is -0.379 e. The van der Waals surface area contributed by atoms with E-state index in [0.29, 0.717) is 6.04 Å². The van der Waals surface area contributed by atoms with Gasteiger partial charge in [0.05, 0.1) is 18.3 Å². The van der Waals surface area contributed by atoms with Crippen molar-refractivity contribution in [3.05, 3.63) is 22.3 Å². The van der Waals surface area contributed by atoms with Crippen LogP contribution < -0.4 is 5.32 Å². The van der Waals surface area contributed by atoms with E-state index in [2.05, 4.69) is 26.2 Å². The zero-order valence-corrected chi connectivity index (χ0v) is 9.67. The number of hydrogen-bond donors (Lipinski definition) is 1. The summed E-state index contributed by atoms with van der Waals surface area (Å²) in [5.41, 5.74) is 1.01. The molecule has 1 aromatic rings. The smallest absolute Gasteiger partial charge is 0.126 e. The molecule has 0 aliphatic carbocycles. The highest BCUT2D eigenvalue weighted by Crippen LogP contribution is 2.18. The molecule has 14 heavy (non-hydrogen) atoms. The molecule has 0 bridgehead atoms. The molecular formula is C10H13BrN2O. The largest absolute Gasteiger partial charge is 0.379 e. The molecular weight excluding hydrogens is 244 g/mol. The summed E-state index contributed by atoms with van der Waals surface area (Å²) in [6.45, 7) is 3.63. The predicted molar refractivity (Wildman–Crippen MR) is 59.5 cm³/mol. The second-order valence-corrected chi connectivity index (χ2v) is 4.32. The molecule has 0 spiro atoms. The molecule has 1 saturated heterocycles. The number of hydrogen-bond acceptors (Lipinski definition) is 3. The first-order chi connectivity index (χ1) is 6.75. The molecule has 1 aromatic heterocycles. The Balaban J connectivity index is 2.05. The van der Waals surface area contributed by atoms with Crippen LogP contribution in [-0.4, -0.2) is 24.2 Å². The molecule has 2 rings (SSSR count). The lowest BCUT2D eigenvalue weighted by Crippen LogP contribution is -2.19. The topological polar surface area (TPSA) is 34.2 Å². The fraction of sp³-hybridized carbons (Fsp3) is 0.500. The summed E-state index contributed by atoms with van der Waals surface area (Å²) in [7, 11) is 0. The summed E-state index contributed by atoms with van der Waals surface area (Å²) in [5.74, 6) is 0.932. The first-order valence-electron chi connectivity index (χ1n) is 4.73. The summed E-state index contributed by atoms with van der Waals surface area (Å²) in [4.78, 5) is 4.42. The van der Waals surface area contributed by atoms with Crippen LogP contribution in [0.1, 0.15) is 12.1 Å². The summed E-state index contributed by atoms with van der Waals surface area (Å²) >= 11 is 3.43. The molecule has 0 amide bonds. The van der Waals surface area contributed by atoms with Crippen molar-refractivity contribution < 1.29 is 4.74 Å². The molecule has 1 N–H and O–H groups in total. The molecule has 2 heterocycles. The van der Waals surface area contributed by atoms with Crippen molar-refractivity contribution in [2.24, 2.45) is 0 Å². The summed E-state index contributed by atoms with van der Waals surface area (Å²) in [6.07, 6.45) is 1.07. The van der Waals surface area contributed by atoms with Gasteiger partial charge in [-0.25, -0.2) is 4.98 Å². The quantitative estimate of drug-likeness (QED) is 0.883. The Kier molecular flexibility index (Phi) is 3.03. The van der Waals surface area contributed by atoms with Gasteiger partial charge in [-0.15, -0.1) is 0 Å². The number of ether oxygens (including phenoxy) is 1. The zero-order valence-electron chi connectivity index (χ0n) is 8.09. The molecule has 0 aromatic carbocycles. The van der Waals surface area contributed by atoms with E-state index in [1.807, 2.05) is 19.1 Å². The van der Waals surface area contributed by atoms with Crippen LogP contribution in [0.25, 0.3) is 0 Å². The van der Waals surface area contributed by atoms with Crippen LogP contribution >= 0.6 is 15.9 Å². The number of pyridine rings is 1. The number of nitrogens with zero attached hydrogens (tertiary/aromatic N) is 1. The fourth-order valence-corrected chi connectivity index (χ4v) is 1.70. The van der Waals surface area contributed by atoms with Gasteiger partial charge in [-0.3, -0.25) is 0 Å². The van der Waals surface area contributed by atoms with E-state index >= 15 is 0 Å². The highest BCUT2D eigenvalue weighted by atomic mass is 79.9. The normalized spacial score (nSPS) is 21.1. The molecule has 1 aliphatic rings. The van der Waals surface area contributed by atoms with Crippen molar-refractivity contribution in [3.63, 3.8) is 0 Å². The average Bonchev–Trinajstić information content (AvgIpc) is 2.64. The van der Waals surface area contributed by atoms with Crippen molar-refractivity contribution in [2.45, 2.75) is 19.4 Å². The first-order valence-corrected chi connectivity index (χ1v) is 5.52. The molecule has 76 valence electrons. The van der Waals surface area contributed by atoms with Crippen molar-refractivity contribution in [1.29, 1.82) is 0 Å². The van der Waals surface area contributed by atoms with Gasteiger partial charge in [-0.2, -0.15) is 0 Å². The molecule has 3 nitrogen and oxygen atoms in total. The number of halogens is 1. The molecule has 4 heteroatoms. The van der Waals surface area contributed by atoms with Crippen LogP contribution in [0.4, 0.5) is 5.82 Å². The maximum atomic E-state index is 5.28. The lowest BCUT2D eigenvalue weighted by Gasteiger charge is -2.11. The molecule has 1 fully saturated rings. The van der Waals surface area contributed by atoms with Crippen LogP contribution in [0, 0.1) is 6.92 Å². The van der Waals surface area contributed by atoms with Crippen LogP contribution in [0.5, 0.6) is 0 Å². The molecule has 1 atom stereocenters. The molecule has 1 aliphatic heterocycles. The zero-order chi connectivity index (χ0) is 9.97. The predicted octanol–water partition coefficient (Wildman–Crippen LogP) is 2.35. The number of aryl methyl sites for hydroxylation is 1. The second kappa shape index (κ2) is 4.28. The van der Waals surface area contributed by atoms with E-state index < -0.39 is 0 Å². The number of nitrogens with one attached hydrogen (secondary N) is 1. The number of aromatic nitrogens is 1. The highest BCUT2D eigenvalue weighted by molar-refractivity contribution is 9.10. The maximum Gasteiger partial charge on any atom is 0.126 e. The summed E-state index contributed by atoms with van der Waals surface area (Å²) < 4.78 is 6.33. The SMILES string of the molecule is Cc1nc(NC2CCOC2)ccc1Br. The molecule has 0 saturated carbocycles. The van der Waals surface area contributed by atoms with Crippen LogP contribution in [0.3, 0.4) is 0 Å². The van der Waals surface area contributed by atoms with E-state index in [9.17, 15) is 0 Å². The first kappa shape index (κ1) is 9.93. The Bertz CT molecular complexity index is 324. The fourth-order valence-electron chi connectivity index (χ4n) is 1.48. The van der Waals surface area contributed by atoms with Gasteiger partial charge in [0, 0.05) is 11.1 Å². The van der Waals surface area contributed by atoms with Gasteiger partial charge in [-0.1, -0.05) is 0 Å². The molecule has 1 unspecified atom stereocenters. The third-order valence-electron chi connectivity index (χ3n) is 2.30. The van der Waals surface area contributed by atoms with E-state index in [-0.39, 0.29) is 0 Å². The number of rotatable bonds is 2. The van der Waals surface area contributed by atoms with E-state index in [4.69, 9.17) is 4.74 Å². The summed E-state index contributed by atoms with van der Waals surface area (Å²) in [6, 6.07) is 4.42. The van der Waals surface area contributed by atoms with Crippen LogP contribution in [0.2, 0.25) is 0 Å². The van der Waals surface area contributed by atoms with E-state index in [1.165, 1.54) is 0 Å². The van der Waals surface area contributed by atoms with Crippen LogP contribution in [0.15, 0.2) is 16.6 Å². The van der Waals surface area contributed by atoms with Gasteiger partial charge in [0.25, 0.3) is 0 Å². The van der Waals surface area contributed by atoms with Gasteiger partial charge < -0.3 is 10.1 Å². The summed E-state index contributed by atoms with van der Waals surface area (Å²) in [5, 5.41) is 3.35. The maximum absolute atomic E-state index is 5.28. The lowest BCUT2D eigenvalue weighted by atomic mass is 10.2. The Morgan fingerprint density at radius 3 is 3.07 bits per heavy atom. The Morgan fingerprint density at radius 2 is 2.43 bits per heavy atom. The van der Waals surface area contributed by atoms with E-state index in [0.717, 1.165) is 35.6 Å². The van der Waals surface area contributed by atoms with Gasteiger partial charge >= 0.3 is 0 Å².